The third-order valence-corrected chi connectivity index (χ3v) is 4.92. The van der Waals surface area contributed by atoms with Crippen LogP contribution in [0.3, 0.4) is 0 Å². The van der Waals surface area contributed by atoms with Crippen LogP contribution in [-0.4, -0.2) is 26.2 Å². The van der Waals surface area contributed by atoms with Gasteiger partial charge in [0, 0.05) is 17.7 Å². The van der Waals surface area contributed by atoms with Crippen molar-refractivity contribution in [2.45, 2.75) is 13.8 Å². The summed E-state index contributed by atoms with van der Waals surface area (Å²) in [7, 11) is 1.63. The smallest absolute Gasteiger partial charge is 0.258 e. The molecule has 0 atom stereocenters. The van der Waals surface area contributed by atoms with Crippen LogP contribution in [0.4, 0.5) is 5.69 Å². The average molecular weight is 449 g/mol. The standard InChI is InChI=1S/C20H20INO3/c1-4-22-17-9-7-6-8-14(17)15(20(22)23)10-13-11-16(21)19(24-3)18(12-13)25-5-2/h6-12H,4-5H2,1-3H3/b15-10-. The van der Waals surface area contributed by atoms with Gasteiger partial charge in [0.15, 0.2) is 11.5 Å². The van der Waals surface area contributed by atoms with Crippen LogP contribution in [0.1, 0.15) is 25.0 Å². The maximum atomic E-state index is 12.8. The number of hydrogen-bond donors (Lipinski definition) is 0. The molecule has 2 aromatic rings. The van der Waals surface area contributed by atoms with E-state index in [1.54, 1.807) is 12.0 Å². The lowest BCUT2D eigenvalue weighted by Crippen LogP contribution is -2.25. The highest BCUT2D eigenvalue weighted by molar-refractivity contribution is 14.1. The van der Waals surface area contributed by atoms with E-state index in [4.69, 9.17) is 9.47 Å². The number of benzene rings is 2. The number of para-hydroxylation sites is 1. The lowest BCUT2D eigenvalue weighted by atomic mass is 10.0. The second-order valence-electron chi connectivity index (χ2n) is 5.59. The highest BCUT2D eigenvalue weighted by Gasteiger charge is 2.30. The molecule has 1 aliphatic heterocycles. The molecule has 0 N–H and O–H groups in total. The summed E-state index contributed by atoms with van der Waals surface area (Å²) in [6.07, 6.45) is 1.93. The molecule has 0 saturated carbocycles. The van der Waals surface area contributed by atoms with Gasteiger partial charge in [0.2, 0.25) is 0 Å². The summed E-state index contributed by atoms with van der Waals surface area (Å²) < 4.78 is 12.1. The lowest BCUT2D eigenvalue weighted by Gasteiger charge is -2.13. The minimum absolute atomic E-state index is 0.0347. The third-order valence-electron chi connectivity index (χ3n) is 4.12. The number of rotatable bonds is 5. The van der Waals surface area contributed by atoms with Crippen molar-refractivity contribution in [1.29, 1.82) is 0 Å². The van der Waals surface area contributed by atoms with Crippen molar-refractivity contribution in [3.63, 3.8) is 0 Å². The fourth-order valence-electron chi connectivity index (χ4n) is 3.06. The fourth-order valence-corrected chi connectivity index (χ4v) is 3.90. The number of anilines is 1. The molecule has 0 radical (unpaired) electrons. The Morgan fingerprint density at radius 3 is 2.64 bits per heavy atom. The zero-order valence-corrected chi connectivity index (χ0v) is 16.7. The van der Waals surface area contributed by atoms with Crippen LogP contribution in [0.15, 0.2) is 36.4 Å². The van der Waals surface area contributed by atoms with Gasteiger partial charge in [-0.1, -0.05) is 18.2 Å². The highest BCUT2D eigenvalue weighted by atomic mass is 127. The summed E-state index contributed by atoms with van der Waals surface area (Å²) in [5.41, 5.74) is 3.57. The van der Waals surface area contributed by atoms with Crippen molar-refractivity contribution in [3.05, 3.63) is 51.1 Å². The zero-order valence-electron chi connectivity index (χ0n) is 14.5. The number of hydrogen-bond acceptors (Lipinski definition) is 3. The van der Waals surface area contributed by atoms with Crippen LogP contribution in [0.25, 0.3) is 11.6 Å². The Labute approximate surface area is 161 Å². The molecule has 5 heteroatoms. The number of nitrogens with zero attached hydrogens (tertiary/aromatic N) is 1. The van der Waals surface area contributed by atoms with Crippen LogP contribution in [0.5, 0.6) is 11.5 Å². The second-order valence-corrected chi connectivity index (χ2v) is 6.75. The predicted molar refractivity (Wildman–Crippen MR) is 109 cm³/mol. The number of amides is 1. The Balaban J connectivity index is 2.11. The summed E-state index contributed by atoms with van der Waals surface area (Å²) in [5.74, 6) is 1.44. The van der Waals surface area contributed by atoms with Gasteiger partial charge in [-0.05, 0) is 66.3 Å². The van der Waals surface area contributed by atoms with Gasteiger partial charge in [0.25, 0.3) is 5.91 Å². The van der Waals surface area contributed by atoms with E-state index in [1.807, 2.05) is 56.3 Å². The van der Waals surface area contributed by atoms with E-state index in [9.17, 15) is 4.79 Å². The van der Waals surface area contributed by atoms with Crippen molar-refractivity contribution in [2.75, 3.05) is 25.2 Å². The minimum atomic E-state index is 0.0347. The summed E-state index contributed by atoms with van der Waals surface area (Å²) >= 11 is 2.23. The number of methoxy groups -OCH3 is 1. The maximum absolute atomic E-state index is 12.8. The molecule has 0 saturated heterocycles. The summed E-state index contributed by atoms with van der Waals surface area (Å²) in [4.78, 5) is 14.6. The zero-order chi connectivity index (χ0) is 18.0. The molecule has 1 amide bonds. The topological polar surface area (TPSA) is 38.8 Å². The van der Waals surface area contributed by atoms with Crippen LogP contribution in [0.2, 0.25) is 0 Å². The summed E-state index contributed by atoms with van der Waals surface area (Å²) in [5, 5.41) is 0. The molecule has 0 spiro atoms. The Morgan fingerprint density at radius 1 is 1.20 bits per heavy atom. The Hall–Kier alpha value is -2.02. The normalized spacial score (nSPS) is 14.8. The molecule has 130 valence electrons. The van der Waals surface area contributed by atoms with Gasteiger partial charge in [-0.25, -0.2) is 0 Å². The van der Waals surface area contributed by atoms with Gasteiger partial charge in [0.1, 0.15) is 0 Å². The van der Waals surface area contributed by atoms with Gasteiger partial charge in [-0.15, -0.1) is 0 Å². The first-order chi connectivity index (χ1) is 12.1. The van der Waals surface area contributed by atoms with E-state index < -0.39 is 0 Å². The largest absolute Gasteiger partial charge is 0.492 e. The lowest BCUT2D eigenvalue weighted by molar-refractivity contribution is -0.112. The molecule has 0 unspecified atom stereocenters. The van der Waals surface area contributed by atoms with Gasteiger partial charge < -0.3 is 14.4 Å². The SMILES string of the molecule is CCOc1cc(/C=C2\C(=O)N(CC)c3ccccc32)cc(I)c1OC. The van der Waals surface area contributed by atoms with Crippen LogP contribution in [0, 0.1) is 3.57 Å². The van der Waals surface area contributed by atoms with Gasteiger partial charge >= 0.3 is 0 Å². The molecule has 0 bridgehead atoms. The predicted octanol–water partition coefficient (Wildman–Crippen LogP) is 4.61. The van der Waals surface area contributed by atoms with E-state index in [2.05, 4.69) is 22.6 Å². The quantitative estimate of drug-likeness (QED) is 0.495. The Kier molecular flexibility index (Phi) is 5.32. The number of halogens is 1. The van der Waals surface area contributed by atoms with Crippen LogP contribution in [-0.2, 0) is 4.79 Å². The van der Waals surface area contributed by atoms with Crippen molar-refractivity contribution >= 4 is 45.8 Å². The molecule has 0 aromatic heterocycles. The maximum Gasteiger partial charge on any atom is 0.258 e. The molecule has 2 aromatic carbocycles. The van der Waals surface area contributed by atoms with E-state index in [0.717, 1.165) is 26.1 Å². The molecule has 25 heavy (non-hydrogen) atoms. The fraction of sp³-hybridized carbons (Fsp3) is 0.250. The Morgan fingerprint density at radius 2 is 1.96 bits per heavy atom. The number of carbonyl (C=O) groups is 1. The average Bonchev–Trinajstić information content (AvgIpc) is 2.87. The molecule has 1 heterocycles. The van der Waals surface area contributed by atoms with Crippen LogP contribution >= 0.6 is 22.6 Å². The van der Waals surface area contributed by atoms with Crippen molar-refractivity contribution < 1.29 is 14.3 Å². The molecule has 0 fully saturated rings. The third kappa shape index (κ3) is 3.25. The first-order valence-corrected chi connectivity index (χ1v) is 9.31. The molecule has 4 nitrogen and oxygen atoms in total. The number of likely N-dealkylation sites (N-methyl/N-ethyl adjacent to an activating group) is 1. The van der Waals surface area contributed by atoms with Crippen molar-refractivity contribution in [2.24, 2.45) is 0 Å². The molecule has 0 aliphatic carbocycles. The van der Waals surface area contributed by atoms with Crippen molar-refractivity contribution in [1.82, 2.24) is 0 Å². The monoisotopic (exact) mass is 449 g/mol. The first-order valence-electron chi connectivity index (χ1n) is 8.24. The number of fused-ring (bicyclic) bond motifs is 1. The number of carbonyl (C=O) groups excluding carboxylic acids is 1. The van der Waals surface area contributed by atoms with E-state index in [-0.39, 0.29) is 5.91 Å². The minimum Gasteiger partial charge on any atom is -0.492 e. The van der Waals surface area contributed by atoms with E-state index >= 15 is 0 Å². The molecule has 1 aliphatic rings. The van der Waals surface area contributed by atoms with E-state index in [0.29, 0.717) is 24.5 Å². The summed E-state index contributed by atoms with van der Waals surface area (Å²) in [6, 6.07) is 11.8. The number of ether oxygens (including phenoxy) is 2. The van der Waals surface area contributed by atoms with Crippen molar-refractivity contribution in [3.8, 4) is 11.5 Å². The molecular formula is C20H20INO3. The second kappa shape index (κ2) is 7.47. The molecular weight excluding hydrogens is 429 g/mol. The van der Waals surface area contributed by atoms with E-state index in [1.165, 1.54) is 0 Å². The highest BCUT2D eigenvalue weighted by Crippen LogP contribution is 2.39. The van der Waals surface area contributed by atoms with Crippen LogP contribution < -0.4 is 14.4 Å². The Bertz CT molecular complexity index is 845. The van der Waals surface area contributed by atoms with Gasteiger partial charge in [-0.2, -0.15) is 0 Å². The van der Waals surface area contributed by atoms with Gasteiger partial charge in [-0.3, -0.25) is 4.79 Å². The summed E-state index contributed by atoms with van der Waals surface area (Å²) in [6.45, 7) is 5.13. The molecule has 3 rings (SSSR count). The first kappa shape index (κ1) is 17.8. The van der Waals surface area contributed by atoms with Gasteiger partial charge in [0.05, 0.1) is 23.0 Å².